The topological polar surface area (TPSA) is 50.2 Å². The van der Waals surface area contributed by atoms with Crippen LogP contribution < -0.4 is 0 Å². The lowest BCUT2D eigenvalue weighted by Crippen LogP contribution is -2.09. The molecule has 88 valence electrons. The van der Waals surface area contributed by atoms with E-state index in [1.165, 1.54) is 13.1 Å². The molecule has 0 fully saturated rings. The average Bonchev–Trinajstić information content (AvgIpc) is 2.16. The molecule has 0 saturated carbocycles. The summed E-state index contributed by atoms with van der Waals surface area (Å²) in [7, 11) is 0. The fourth-order valence-electron chi connectivity index (χ4n) is 1.42. The van der Waals surface area contributed by atoms with Crippen molar-refractivity contribution >= 4 is 17.6 Å². The third kappa shape index (κ3) is 2.66. The zero-order valence-corrected chi connectivity index (χ0v) is 9.26. The van der Waals surface area contributed by atoms with E-state index in [0.29, 0.717) is 11.1 Å². The highest BCUT2D eigenvalue weighted by Crippen LogP contribution is 2.28. The van der Waals surface area contributed by atoms with Crippen molar-refractivity contribution < 1.29 is 18.7 Å². The molecule has 0 saturated heterocycles. The molecule has 1 aromatic heterocycles. The fraction of sp³-hybridized carbons (Fsp3) is 0.400. The summed E-state index contributed by atoms with van der Waals surface area (Å²) in [4.78, 5) is 14.2. The third-order valence-electron chi connectivity index (χ3n) is 2.25. The predicted molar refractivity (Wildman–Crippen MR) is 54.8 cm³/mol. The van der Waals surface area contributed by atoms with Gasteiger partial charge in [-0.2, -0.15) is 0 Å². The van der Waals surface area contributed by atoms with Gasteiger partial charge in [0.2, 0.25) is 0 Å². The van der Waals surface area contributed by atoms with Gasteiger partial charge >= 0.3 is 5.97 Å². The highest BCUT2D eigenvalue weighted by atomic mass is 35.5. The van der Waals surface area contributed by atoms with E-state index in [2.05, 4.69) is 4.98 Å². The Balaban J connectivity index is 3.28. The number of aliphatic carboxylic acids is 1. The zero-order valence-electron chi connectivity index (χ0n) is 8.51. The van der Waals surface area contributed by atoms with Crippen LogP contribution in [0.1, 0.15) is 28.8 Å². The fourth-order valence-corrected chi connectivity index (χ4v) is 1.69. The first-order valence-corrected chi connectivity index (χ1v) is 5.04. The Morgan fingerprint density at radius 2 is 2.25 bits per heavy atom. The number of carbonyl (C=O) groups is 1. The monoisotopic (exact) mass is 249 g/mol. The number of nitrogens with zero attached hydrogens (tertiary/aromatic N) is 1. The lowest BCUT2D eigenvalue weighted by atomic mass is 10.0. The number of halogens is 3. The largest absolute Gasteiger partial charge is 0.481 e. The van der Waals surface area contributed by atoms with E-state index in [0.717, 1.165) is 0 Å². The lowest BCUT2D eigenvalue weighted by Gasteiger charge is -2.12. The van der Waals surface area contributed by atoms with Crippen LogP contribution in [-0.2, 0) is 17.1 Å². The van der Waals surface area contributed by atoms with Crippen LogP contribution in [0.25, 0.3) is 0 Å². The van der Waals surface area contributed by atoms with Crippen LogP contribution in [0.5, 0.6) is 0 Å². The zero-order chi connectivity index (χ0) is 12.3. The normalized spacial score (nSPS) is 10.8. The van der Waals surface area contributed by atoms with E-state index >= 15 is 0 Å². The molecule has 0 amide bonds. The average molecular weight is 250 g/mol. The molecule has 0 radical (unpaired) electrons. The minimum atomic E-state index is -2.75. The quantitative estimate of drug-likeness (QED) is 0.835. The molecule has 1 aromatic rings. The minimum Gasteiger partial charge on any atom is -0.481 e. The third-order valence-corrected chi connectivity index (χ3v) is 2.54. The van der Waals surface area contributed by atoms with Crippen LogP contribution in [0.15, 0.2) is 6.20 Å². The van der Waals surface area contributed by atoms with Crippen molar-refractivity contribution in [2.24, 2.45) is 0 Å². The predicted octanol–water partition coefficient (Wildman–Crippen LogP) is 2.69. The molecule has 0 aliphatic heterocycles. The highest BCUT2D eigenvalue weighted by Gasteiger charge is 2.20. The van der Waals surface area contributed by atoms with Crippen LogP contribution in [-0.4, -0.2) is 16.1 Å². The van der Waals surface area contributed by atoms with Gasteiger partial charge in [0.1, 0.15) is 0 Å². The number of pyridine rings is 1. The van der Waals surface area contributed by atoms with Crippen LogP contribution in [0.2, 0.25) is 0 Å². The maximum Gasteiger partial charge on any atom is 0.309 e. The van der Waals surface area contributed by atoms with E-state index in [1.807, 2.05) is 0 Å². The van der Waals surface area contributed by atoms with Crippen molar-refractivity contribution in [2.75, 3.05) is 0 Å². The molecule has 6 heteroatoms. The Bertz CT molecular complexity index is 410. The van der Waals surface area contributed by atoms with Gasteiger partial charge in [-0.1, -0.05) is 0 Å². The molecule has 0 aromatic carbocycles. The van der Waals surface area contributed by atoms with Crippen molar-refractivity contribution in [3.8, 4) is 0 Å². The van der Waals surface area contributed by atoms with Gasteiger partial charge in [0.15, 0.2) is 0 Å². The number of hydrogen-bond acceptors (Lipinski definition) is 2. The Morgan fingerprint density at radius 1 is 1.62 bits per heavy atom. The molecule has 1 heterocycles. The molecule has 0 unspecified atom stereocenters. The second-order valence-corrected chi connectivity index (χ2v) is 3.54. The number of alkyl halides is 3. The van der Waals surface area contributed by atoms with Gasteiger partial charge in [-0.25, -0.2) is 8.78 Å². The molecular weight excluding hydrogens is 240 g/mol. The number of aromatic nitrogens is 1. The first-order chi connectivity index (χ1) is 7.47. The second-order valence-electron chi connectivity index (χ2n) is 3.27. The van der Waals surface area contributed by atoms with Gasteiger partial charge in [0.05, 0.1) is 12.1 Å². The maximum atomic E-state index is 12.8. The molecule has 0 spiro atoms. The molecule has 0 aliphatic rings. The van der Waals surface area contributed by atoms with Crippen LogP contribution in [0.3, 0.4) is 0 Å². The Morgan fingerprint density at radius 3 is 2.69 bits per heavy atom. The van der Waals surface area contributed by atoms with E-state index < -0.39 is 18.8 Å². The van der Waals surface area contributed by atoms with Crippen molar-refractivity contribution in [1.82, 2.24) is 4.98 Å². The van der Waals surface area contributed by atoms with E-state index in [9.17, 15) is 13.6 Å². The molecule has 0 aliphatic carbocycles. The molecule has 3 nitrogen and oxygen atoms in total. The van der Waals surface area contributed by atoms with E-state index in [-0.39, 0.29) is 17.1 Å². The van der Waals surface area contributed by atoms with Gasteiger partial charge < -0.3 is 5.11 Å². The first-order valence-electron chi connectivity index (χ1n) is 4.50. The number of carboxylic acids is 1. The molecular formula is C10H10ClF2NO2. The number of rotatable bonds is 4. The van der Waals surface area contributed by atoms with Gasteiger partial charge in [-0.3, -0.25) is 9.78 Å². The van der Waals surface area contributed by atoms with Crippen LogP contribution >= 0.6 is 11.6 Å². The van der Waals surface area contributed by atoms with E-state index in [1.54, 1.807) is 0 Å². The summed E-state index contributed by atoms with van der Waals surface area (Å²) in [5, 5.41) is 8.58. The Labute approximate surface area is 96.1 Å². The summed E-state index contributed by atoms with van der Waals surface area (Å²) >= 11 is 5.57. The summed E-state index contributed by atoms with van der Waals surface area (Å²) in [6, 6.07) is 0. The van der Waals surface area contributed by atoms with Gasteiger partial charge in [0.25, 0.3) is 6.43 Å². The van der Waals surface area contributed by atoms with Crippen LogP contribution in [0, 0.1) is 6.92 Å². The van der Waals surface area contributed by atoms with Crippen molar-refractivity contribution in [2.45, 2.75) is 25.7 Å². The van der Waals surface area contributed by atoms with Crippen LogP contribution in [0.4, 0.5) is 8.78 Å². The number of hydrogen-bond donors (Lipinski definition) is 1. The number of carboxylic acid groups (broad SMARTS) is 1. The van der Waals surface area contributed by atoms with Crippen molar-refractivity contribution in [3.63, 3.8) is 0 Å². The Hall–Kier alpha value is -1.23. The molecule has 16 heavy (non-hydrogen) atoms. The maximum absolute atomic E-state index is 12.8. The van der Waals surface area contributed by atoms with E-state index in [4.69, 9.17) is 16.7 Å². The SMILES string of the molecule is Cc1c(CCl)cnc(CC(=O)O)c1C(F)F. The minimum absolute atomic E-state index is 0.0753. The highest BCUT2D eigenvalue weighted by molar-refractivity contribution is 6.17. The molecule has 0 atom stereocenters. The summed E-state index contributed by atoms with van der Waals surface area (Å²) in [6.07, 6.45) is -1.92. The summed E-state index contributed by atoms with van der Waals surface area (Å²) in [6.45, 7) is 1.49. The lowest BCUT2D eigenvalue weighted by molar-refractivity contribution is -0.136. The summed E-state index contributed by atoms with van der Waals surface area (Å²) < 4.78 is 25.6. The molecule has 1 N–H and O–H groups in total. The molecule has 1 rings (SSSR count). The smallest absolute Gasteiger partial charge is 0.309 e. The van der Waals surface area contributed by atoms with Crippen molar-refractivity contribution in [3.05, 3.63) is 28.6 Å². The van der Waals surface area contributed by atoms with Crippen molar-refractivity contribution in [1.29, 1.82) is 0 Å². The Kier molecular flexibility index (Phi) is 4.18. The molecule has 0 bridgehead atoms. The second kappa shape index (κ2) is 5.21. The van der Waals surface area contributed by atoms with Gasteiger partial charge in [-0.05, 0) is 18.1 Å². The summed E-state index contributed by atoms with van der Waals surface area (Å²) in [5.41, 5.74) is 0.386. The van der Waals surface area contributed by atoms with Gasteiger partial charge in [0, 0.05) is 17.6 Å². The standard InChI is InChI=1S/C10H10ClF2NO2/c1-5-6(3-11)4-14-7(2-8(15)16)9(5)10(12)13/h4,10H,2-3H2,1H3,(H,15,16). The summed E-state index contributed by atoms with van der Waals surface area (Å²) in [5.74, 6) is -1.11. The van der Waals surface area contributed by atoms with Gasteiger partial charge in [-0.15, -0.1) is 11.6 Å². The first kappa shape index (κ1) is 12.8.